The van der Waals surface area contributed by atoms with E-state index in [2.05, 4.69) is 36.1 Å². The molecular formula is C27H35N3O3. The summed E-state index contributed by atoms with van der Waals surface area (Å²) in [4.78, 5) is 31.9. The van der Waals surface area contributed by atoms with Gasteiger partial charge in [0, 0.05) is 51.7 Å². The predicted molar refractivity (Wildman–Crippen MR) is 129 cm³/mol. The second kappa shape index (κ2) is 11.3. The first kappa shape index (κ1) is 23.3. The van der Waals surface area contributed by atoms with Crippen molar-refractivity contribution in [3.8, 4) is 5.75 Å². The third-order valence-corrected chi connectivity index (χ3v) is 6.86. The Hall–Kier alpha value is -2.86. The number of aryl methyl sites for hydroxylation is 1. The number of piperazine rings is 1. The summed E-state index contributed by atoms with van der Waals surface area (Å²) in [7, 11) is 0. The van der Waals surface area contributed by atoms with Crippen molar-refractivity contribution in [3.63, 3.8) is 0 Å². The number of carbonyl (C=O) groups excluding carboxylic acids is 2. The molecule has 0 aromatic heterocycles. The Morgan fingerprint density at radius 2 is 1.52 bits per heavy atom. The maximum Gasteiger partial charge on any atom is 0.225 e. The van der Waals surface area contributed by atoms with E-state index in [1.807, 2.05) is 40.1 Å². The molecule has 2 aromatic rings. The minimum atomic E-state index is 0.0394. The number of hydrogen-bond donors (Lipinski definition) is 0. The number of rotatable bonds is 7. The van der Waals surface area contributed by atoms with Crippen LogP contribution in [-0.2, 0) is 16.1 Å². The number of benzene rings is 2. The fraction of sp³-hybridized carbons (Fsp3) is 0.481. The van der Waals surface area contributed by atoms with Gasteiger partial charge in [0.1, 0.15) is 5.75 Å². The summed E-state index contributed by atoms with van der Waals surface area (Å²) >= 11 is 0. The zero-order valence-corrected chi connectivity index (χ0v) is 19.6. The summed E-state index contributed by atoms with van der Waals surface area (Å²) in [5.41, 5.74) is 2.69. The lowest BCUT2D eigenvalue weighted by atomic mass is 9.94. The van der Waals surface area contributed by atoms with E-state index in [0.717, 1.165) is 51.3 Å². The summed E-state index contributed by atoms with van der Waals surface area (Å²) in [5.74, 6) is 1.21. The largest absolute Gasteiger partial charge is 0.493 e. The lowest BCUT2D eigenvalue weighted by molar-refractivity contribution is -0.142. The van der Waals surface area contributed by atoms with Crippen LogP contribution in [0.4, 0.5) is 0 Å². The molecule has 4 rings (SSSR count). The molecule has 0 aliphatic carbocycles. The third-order valence-electron chi connectivity index (χ3n) is 6.86. The first-order valence-electron chi connectivity index (χ1n) is 12.1. The summed E-state index contributed by atoms with van der Waals surface area (Å²) in [6.45, 7) is 8.22. The van der Waals surface area contributed by atoms with Crippen molar-refractivity contribution < 1.29 is 14.3 Å². The van der Waals surface area contributed by atoms with Crippen molar-refractivity contribution in [2.75, 3.05) is 45.9 Å². The van der Waals surface area contributed by atoms with Crippen LogP contribution in [0.25, 0.3) is 0 Å². The van der Waals surface area contributed by atoms with E-state index in [9.17, 15) is 9.59 Å². The van der Waals surface area contributed by atoms with Crippen LogP contribution in [0.1, 0.15) is 30.4 Å². The van der Waals surface area contributed by atoms with Gasteiger partial charge < -0.3 is 14.5 Å². The van der Waals surface area contributed by atoms with Gasteiger partial charge in [-0.15, -0.1) is 0 Å². The standard InChI is InChI=1S/C27H35N3O3/c1-22-7-5-6-8-24(22)21-28-16-18-30(19-17-28)27(32)23-11-14-29(15-12-23)26(31)13-20-33-25-9-3-2-4-10-25/h2-10,23H,11-21H2,1H3. The number of ether oxygens (including phenoxy) is 1. The van der Waals surface area contributed by atoms with Crippen molar-refractivity contribution in [1.82, 2.24) is 14.7 Å². The minimum absolute atomic E-state index is 0.0394. The highest BCUT2D eigenvalue weighted by molar-refractivity contribution is 5.80. The highest BCUT2D eigenvalue weighted by Gasteiger charge is 2.31. The molecule has 0 atom stereocenters. The minimum Gasteiger partial charge on any atom is -0.493 e. The average molecular weight is 450 g/mol. The average Bonchev–Trinajstić information content (AvgIpc) is 2.86. The van der Waals surface area contributed by atoms with Crippen LogP contribution in [0, 0.1) is 12.8 Å². The number of nitrogens with zero attached hydrogens (tertiary/aromatic N) is 3. The van der Waals surface area contributed by atoms with Gasteiger partial charge in [-0.05, 0) is 43.0 Å². The Labute approximate surface area is 197 Å². The van der Waals surface area contributed by atoms with E-state index < -0.39 is 0 Å². The van der Waals surface area contributed by atoms with E-state index in [4.69, 9.17) is 4.74 Å². The van der Waals surface area contributed by atoms with Crippen molar-refractivity contribution in [2.24, 2.45) is 5.92 Å². The van der Waals surface area contributed by atoms with Crippen LogP contribution >= 0.6 is 0 Å². The molecule has 2 aliphatic heterocycles. The van der Waals surface area contributed by atoms with E-state index in [0.29, 0.717) is 26.1 Å². The molecule has 0 radical (unpaired) electrons. The second-order valence-electron chi connectivity index (χ2n) is 9.09. The smallest absolute Gasteiger partial charge is 0.225 e. The Kier molecular flexibility index (Phi) is 8.00. The molecular weight excluding hydrogens is 414 g/mol. The van der Waals surface area contributed by atoms with Gasteiger partial charge >= 0.3 is 0 Å². The number of likely N-dealkylation sites (tertiary alicyclic amines) is 1. The normalized spacial score (nSPS) is 17.7. The van der Waals surface area contributed by atoms with Crippen molar-refractivity contribution in [1.29, 1.82) is 0 Å². The Bertz CT molecular complexity index is 917. The highest BCUT2D eigenvalue weighted by atomic mass is 16.5. The van der Waals surface area contributed by atoms with E-state index in [1.54, 1.807) is 0 Å². The maximum absolute atomic E-state index is 13.1. The first-order chi connectivity index (χ1) is 16.1. The summed E-state index contributed by atoms with van der Waals surface area (Å²) in [6, 6.07) is 18.1. The Morgan fingerprint density at radius 1 is 0.848 bits per heavy atom. The van der Waals surface area contributed by atoms with Gasteiger partial charge in [0.05, 0.1) is 13.0 Å². The molecule has 2 amide bonds. The molecule has 2 heterocycles. The molecule has 0 unspecified atom stereocenters. The number of carbonyl (C=O) groups is 2. The van der Waals surface area contributed by atoms with Gasteiger partial charge in [0.2, 0.25) is 11.8 Å². The third kappa shape index (κ3) is 6.35. The van der Waals surface area contributed by atoms with Gasteiger partial charge in [-0.2, -0.15) is 0 Å². The molecule has 176 valence electrons. The van der Waals surface area contributed by atoms with Crippen LogP contribution in [0.5, 0.6) is 5.75 Å². The summed E-state index contributed by atoms with van der Waals surface area (Å²) in [6.07, 6.45) is 1.89. The van der Waals surface area contributed by atoms with Gasteiger partial charge in [0.25, 0.3) is 0 Å². The summed E-state index contributed by atoms with van der Waals surface area (Å²) in [5, 5.41) is 0. The number of para-hydroxylation sites is 1. The topological polar surface area (TPSA) is 53.1 Å². The zero-order valence-electron chi connectivity index (χ0n) is 19.6. The van der Waals surface area contributed by atoms with Crippen LogP contribution in [0.3, 0.4) is 0 Å². The van der Waals surface area contributed by atoms with Crippen molar-refractivity contribution in [2.45, 2.75) is 32.7 Å². The molecule has 6 heteroatoms. The lowest BCUT2D eigenvalue weighted by Crippen LogP contribution is -2.51. The fourth-order valence-corrected chi connectivity index (χ4v) is 4.72. The molecule has 2 aliphatic rings. The molecule has 6 nitrogen and oxygen atoms in total. The van der Waals surface area contributed by atoms with E-state index in [-0.39, 0.29) is 17.7 Å². The van der Waals surface area contributed by atoms with Gasteiger partial charge in [-0.3, -0.25) is 14.5 Å². The monoisotopic (exact) mass is 449 g/mol. The van der Waals surface area contributed by atoms with Gasteiger partial charge in [-0.25, -0.2) is 0 Å². The quantitative estimate of drug-likeness (QED) is 0.651. The molecule has 0 N–H and O–H groups in total. The van der Waals surface area contributed by atoms with E-state index in [1.165, 1.54) is 11.1 Å². The van der Waals surface area contributed by atoms with Crippen molar-refractivity contribution in [3.05, 3.63) is 65.7 Å². The zero-order chi connectivity index (χ0) is 23.0. The molecule has 0 saturated carbocycles. The van der Waals surface area contributed by atoms with Gasteiger partial charge in [-0.1, -0.05) is 42.5 Å². The predicted octanol–water partition coefficient (Wildman–Crippen LogP) is 3.35. The van der Waals surface area contributed by atoms with Crippen LogP contribution < -0.4 is 4.74 Å². The van der Waals surface area contributed by atoms with Crippen LogP contribution in [-0.4, -0.2) is 72.4 Å². The molecule has 33 heavy (non-hydrogen) atoms. The first-order valence-corrected chi connectivity index (χ1v) is 12.1. The maximum atomic E-state index is 13.1. The highest BCUT2D eigenvalue weighted by Crippen LogP contribution is 2.22. The molecule has 2 fully saturated rings. The Balaban J connectivity index is 1.16. The molecule has 2 saturated heterocycles. The number of amides is 2. The SMILES string of the molecule is Cc1ccccc1CN1CCN(C(=O)C2CCN(C(=O)CCOc3ccccc3)CC2)CC1. The number of piperidine rings is 1. The second-order valence-corrected chi connectivity index (χ2v) is 9.09. The Morgan fingerprint density at radius 3 is 2.21 bits per heavy atom. The van der Waals surface area contributed by atoms with E-state index >= 15 is 0 Å². The van der Waals surface area contributed by atoms with Crippen LogP contribution in [0.2, 0.25) is 0 Å². The summed E-state index contributed by atoms with van der Waals surface area (Å²) < 4.78 is 5.65. The van der Waals surface area contributed by atoms with Gasteiger partial charge in [0.15, 0.2) is 0 Å². The molecule has 2 aromatic carbocycles. The molecule has 0 bridgehead atoms. The molecule has 0 spiro atoms. The fourth-order valence-electron chi connectivity index (χ4n) is 4.72. The van der Waals surface area contributed by atoms with Crippen LogP contribution in [0.15, 0.2) is 54.6 Å². The lowest BCUT2D eigenvalue weighted by Gasteiger charge is -2.38. The van der Waals surface area contributed by atoms with Crippen molar-refractivity contribution >= 4 is 11.8 Å². The number of hydrogen-bond acceptors (Lipinski definition) is 4.